The Morgan fingerprint density at radius 3 is 1.69 bits per heavy atom. The third kappa shape index (κ3) is 16.0. The van der Waals surface area contributed by atoms with Crippen LogP contribution in [0.2, 0.25) is 0 Å². The molecule has 0 aromatic carbocycles. The first-order chi connectivity index (χ1) is 12.2. The molecule has 26 heavy (non-hydrogen) atoms. The van der Waals surface area contributed by atoms with Crippen LogP contribution in [0.3, 0.4) is 0 Å². The number of allylic oxidation sites excluding steroid dienone is 2. The second-order valence-corrected chi connectivity index (χ2v) is 10.2. The maximum atomic E-state index is 2.52. The monoisotopic (exact) mass is 364 g/mol. The first-order valence-corrected chi connectivity index (χ1v) is 11.9. The van der Waals surface area contributed by atoms with Gasteiger partial charge in [0.05, 0.1) is 0 Å². The van der Waals surface area contributed by atoms with Crippen molar-refractivity contribution in [3.63, 3.8) is 0 Å². The van der Waals surface area contributed by atoms with E-state index in [9.17, 15) is 0 Å². The molecular formula is C26H52. The van der Waals surface area contributed by atoms with Crippen LogP contribution >= 0.6 is 0 Å². The maximum absolute atomic E-state index is 2.52. The van der Waals surface area contributed by atoms with E-state index in [0.29, 0.717) is 0 Å². The van der Waals surface area contributed by atoms with Gasteiger partial charge in [-0.1, -0.05) is 85.8 Å². The van der Waals surface area contributed by atoms with Gasteiger partial charge < -0.3 is 0 Å². The van der Waals surface area contributed by atoms with Gasteiger partial charge in [0.2, 0.25) is 0 Å². The normalized spacial score (nSPS) is 17.3. The lowest BCUT2D eigenvalue weighted by Gasteiger charge is -2.23. The van der Waals surface area contributed by atoms with Gasteiger partial charge >= 0.3 is 0 Å². The zero-order valence-corrected chi connectivity index (χ0v) is 19.7. The van der Waals surface area contributed by atoms with Gasteiger partial charge in [-0.05, 0) is 81.5 Å². The third-order valence-corrected chi connectivity index (χ3v) is 5.76. The number of hydrogen-bond donors (Lipinski definition) is 0. The molecule has 0 amide bonds. The molecule has 0 bridgehead atoms. The van der Waals surface area contributed by atoms with Crippen molar-refractivity contribution >= 4 is 0 Å². The Hall–Kier alpha value is -0.260. The standard InChI is InChI=1S/C26H52/c1-9-10-11-12-13-14-15-22(4)17-24(6)19-26(8)20-25(7)18-23(5)16-21(2)3/h15,21,23-26H,9-14,16-20H2,1-8H3/b22-15+. The van der Waals surface area contributed by atoms with Crippen LogP contribution in [-0.2, 0) is 0 Å². The Labute approximate surface area is 167 Å². The van der Waals surface area contributed by atoms with Gasteiger partial charge in [0.15, 0.2) is 0 Å². The summed E-state index contributed by atoms with van der Waals surface area (Å²) in [5, 5.41) is 0. The average molecular weight is 365 g/mol. The molecule has 0 fully saturated rings. The Morgan fingerprint density at radius 1 is 0.654 bits per heavy atom. The lowest BCUT2D eigenvalue weighted by molar-refractivity contribution is 0.289. The maximum Gasteiger partial charge on any atom is -0.0297 e. The summed E-state index contributed by atoms with van der Waals surface area (Å²) >= 11 is 0. The van der Waals surface area contributed by atoms with Gasteiger partial charge in [-0.2, -0.15) is 0 Å². The van der Waals surface area contributed by atoms with Crippen LogP contribution in [0.5, 0.6) is 0 Å². The highest BCUT2D eigenvalue weighted by molar-refractivity contribution is 4.98. The number of hydrogen-bond acceptors (Lipinski definition) is 0. The van der Waals surface area contributed by atoms with Gasteiger partial charge in [-0.15, -0.1) is 0 Å². The largest absolute Gasteiger partial charge is 0.0856 e. The van der Waals surface area contributed by atoms with Crippen molar-refractivity contribution in [2.24, 2.45) is 29.6 Å². The van der Waals surface area contributed by atoms with E-state index in [2.05, 4.69) is 61.5 Å². The first kappa shape index (κ1) is 25.7. The van der Waals surface area contributed by atoms with Gasteiger partial charge in [0.25, 0.3) is 0 Å². The summed E-state index contributed by atoms with van der Waals surface area (Å²) in [5.41, 5.74) is 1.62. The molecule has 0 spiro atoms. The molecule has 0 rings (SSSR count). The van der Waals surface area contributed by atoms with Crippen molar-refractivity contribution < 1.29 is 0 Å². The molecule has 0 aliphatic carbocycles. The van der Waals surface area contributed by atoms with Crippen molar-refractivity contribution in [2.75, 3.05) is 0 Å². The highest BCUT2D eigenvalue weighted by atomic mass is 14.2. The van der Waals surface area contributed by atoms with E-state index in [4.69, 9.17) is 0 Å². The topological polar surface area (TPSA) is 0 Å². The van der Waals surface area contributed by atoms with Crippen molar-refractivity contribution in [2.45, 2.75) is 126 Å². The molecule has 0 aliphatic rings. The second-order valence-electron chi connectivity index (χ2n) is 10.2. The van der Waals surface area contributed by atoms with E-state index in [0.717, 1.165) is 29.6 Å². The molecule has 0 nitrogen and oxygen atoms in total. The highest BCUT2D eigenvalue weighted by Crippen LogP contribution is 2.28. The summed E-state index contributed by atoms with van der Waals surface area (Å²) in [5.74, 6) is 4.31. The van der Waals surface area contributed by atoms with Crippen LogP contribution < -0.4 is 0 Å². The van der Waals surface area contributed by atoms with E-state index >= 15 is 0 Å². The first-order valence-electron chi connectivity index (χ1n) is 11.9. The van der Waals surface area contributed by atoms with E-state index in [1.54, 1.807) is 5.57 Å². The molecule has 0 saturated carbocycles. The average Bonchev–Trinajstić information content (AvgIpc) is 2.48. The molecule has 0 aromatic heterocycles. The quantitative estimate of drug-likeness (QED) is 0.189. The summed E-state index contributed by atoms with van der Waals surface area (Å²) in [4.78, 5) is 0. The third-order valence-electron chi connectivity index (χ3n) is 5.76. The summed E-state index contributed by atoms with van der Waals surface area (Å²) in [6.45, 7) is 19.2. The smallest absolute Gasteiger partial charge is 0.0297 e. The van der Waals surface area contributed by atoms with Gasteiger partial charge in [0.1, 0.15) is 0 Å². The van der Waals surface area contributed by atoms with Crippen molar-refractivity contribution in [3.05, 3.63) is 11.6 Å². The van der Waals surface area contributed by atoms with Crippen LogP contribution in [0.4, 0.5) is 0 Å². The van der Waals surface area contributed by atoms with Crippen molar-refractivity contribution in [1.29, 1.82) is 0 Å². The number of unbranched alkanes of at least 4 members (excludes halogenated alkanes) is 5. The van der Waals surface area contributed by atoms with Gasteiger partial charge in [-0.3, -0.25) is 0 Å². The van der Waals surface area contributed by atoms with Crippen LogP contribution in [0, 0.1) is 29.6 Å². The Morgan fingerprint density at radius 2 is 1.15 bits per heavy atom. The second kappa shape index (κ2) is 15.8. The molecule has 4 atom stereocenters. The molecule has 0 N–H and O–H groups in total. The van der Waals surface area contributed by atoms with Crippen LogP contribution in [0.15, 0.2) is 11.6 Å². The van der Waals surface area contributed by atoms with Crippen LogP contribution in [0.25, 0.3) is 0 Å². The molecular weight excluding hydrogens is 312 g/mol. The summed E-state index contributed by atoms with van der Waals surface area (Å²) in [7, 11) is 0. The molecule has 156 valence electrons. The molecule has 0 saturated heterocycles. The van der Waals surface area contributed by atoms with Crippen molar-refractivity contribution in [1.82, 2.24) is 0 Å². The fraction of sp³-hybridized carbons (Fsp3) is 0.923. The predicted octanol–water partition coefficient (Wildman–Crippen LogP) is 9.44. The van der Waals surface area contributed by atoms with Gasteiger partial charge in [-0.25, -0.2) is 0 Å². The molecule has 0 heteroatoms. The minimum absolute atomic E-state index is 0.835. The number of rotatable bonds is 16. The molecule has 4 unspecified atom stereocenters. The molecule has 0 aromatic rings. The zero-order chi connectivity index (χ0) is 19.9. The van der Waals surface area contributed by atoms with E-state index in [1.165, 1.54) is 70.6 Å². The Bertz CT molecular complexity index is 338. The predicted molar refractivity (Wildman–Crippen MR) is 122 cm³/mol. The van der Waals surface area contributed by atoms with Gasteiger partial charge in [0, 0.05) is 0 Å². The summed E-state index contributed by atoms with van der Waals surface area (Å²) in [6.07, 6.45) is 17.7. The zero-order valence-electron chi connectivity index (χ0n) is 19.7. The van der Waals surface area contributed by atoms with E-state index in [1.807, 2.05) is 0 Å². The minimum Gasteiger partial charge on any atom is -0.0856 e. The Balaban J connectivity index is 3.96. The SMILES string of the molecule is CCCCCCC/C=C(\C)CC(C)CC(C)CC(C)CC(C)CC(C)C. The molecule has 0 heterocycles. The Kier molecular flexibility index (Phi) is 15.6. The lowest BCUT2D eigenvalue weighted by Crippen LogP contribution is -2.11. The van der Waals surface area contributed by atoms with Crippen LogP contribution in [0.1, 0.15) is 126 Å². The fourth-order valence-corrected chi connectivity index (χ4v) is 4.97. The van der Waals surface area contributed by atoms with Crippen molar-refractivity contribution in [3.8, 4) is 0 Å². The molecule has 0 radical (unpaired) electrons. The summed E-state index contributed by atoms with van der Waals surface area (Å²) in [6, 6.07) is 0. The minimum atomic E-state index is 0.835. The summed E-state index contributed by atoms with van der Waals surface area (Å²) < 4.78 is 0. The fourth-order valence-electron chi connectivity index (χ4n) is 4.97. The lowest BCUT2D eigenvalue weighted by atomic mass is 9.82. The molecule has 0 aliphatic heterocycles. The van der Waals surface area contributed by atoms with Crippen LogP contribution in [-0.4, -0.2) is 0 Å². The highest BCUT2D eigenvalue weighted by Gasteiger charge is 2.15. The van der Waals surface area contributed by atoms with E-state index < -0.39 is 0 Å². The van der Waals surface area contributed by atoms with E-state index in [-0.39, 0.29) is 0 Å².